The van der Waals surface area contributed by atoms with E-state index in [2.05, 4.69) is 15.6 Å². The Morgan fingerprint density at radius 2 is 1.56 bits per heavy atom. The standard InChI is InChI=1S/C16H19FN2O4.C9H6FNO2/c1-16(2,3)22-15(20)18-8-9-21-14-10-13(23-19-14)11-4-6-12(17)7-5-11;10-7-3-1-6(2-4-7)8-5-9(12)11-13-8/h4-7,10H,8-9H2,1-3H3,(H,18,20);1-5H,(H,11,12). The highest BCUT2D eigenvalue weighted by Crippen LogP contribution is 2.23. The molecule has 0 aliphatic rings. The lowest BCUT2D eigenvalue weighted by atomic mass is 10.2. The number of nitrogens with one attached hydrogen (secondary N) is 2. The number of aromatic nitrogens is 2. The number of ether oxygens (including phenoxy) is 2. The molecule has 190 valence electrons. The number of nitrogens with zero attached hydrogens (tertiary/aromatic N) is 1. The number of amides is 1. The normalized spacial score (nSPS) is 10.8. The van der Waals surface area contributed by atoms with Crippen molar-refractivity contribution in [3.63, 3.8) is 0 Å². The molecule has 4 rings (SSSR count). The van der Waals surface area contributed by atoms with E-state index < -0.39 is 11.7 Å². The van der Waals surface area contributed by atoms with E-state index in [1.54, 1.807) is 51.1 Å². The van der Waals surface area contributed by atoms with Gasteiger partial charge < -0.3 is 23.8 Å². The predicted octanol–water partition coefficient (Wildman–Crippen LogP) is 5.16. The Balaban J connectivity index is 0.000000233. The molecule has 0 radical (unpaired) electrons. The molecule has 0 bridgehead atoms. The van der Waals surface area contributed by atoms with Gasteiger partial charge in [0.25, 0.3) is 11.4 Å². The zero-order valence-electron chi connectivity index (χ0n) is 19.8. The number of H-pyrrole nitrogens is 1. The second-order valence-corrected chi connectivity index (χ2v) is 8.40. The van der Waals surface area contributed by atoms with Gasteiger partial charge in [-0.3, -0.25) is 4.79 Å². The number of hydrogen-bond donors (Lipinski definition) is 2. The molecule has 2 aromatic carbocycles. The van der Waals surface area contributed by atoms with Crippen LogP contribution in [0.25, 0.3) is 22.6 Å². The summed E-state index contributed by atoms with van der Waals surface area (Å²) in [6, 6.07) is 14.5. The number of hydrogen-bond acceptors (Lipinski definition) is 7. The van der Waals surface area contributed by atoms with Gasteiger partial charge in [-0.15, -0.1) is 0 Å². The van der Waals surface area contributed by atoms with Crippen molar-refractivity contribution in [3.8, 4) is 28.5 Å². The third-order valence-electron chi connectivity index (χ3n) is 4.29. The minimum absolute atomic E-state index is 0.217. The first kappa shape index (κ1) is 26.2. The molecule has 0 fully saturated rings. The van der Waals surface area contributed by atoms with Crippen LogP contribution >= 0.6 is 0 Å². The van der Waals surface area contributed by atoms with E-state index in [0.29, 0.717) is 22.6 Å². The highest BCUT2D eigenvalue weighted by Gasteiger charge is 2.15. The van der Waals surface area contributed by atoms with Crippen LogP contribution < -0.4 is 15.6 Å². The Morgan fingerprint density at radius 3 is 2.08 bits per heavy atom. The third-order valence-corrected chi connectivity index (χ3v) is 4.29. The van der Waals surface area contributed by atoms with Crippen LogP contribution in [0.2, 0.25) is 0 Å². The lowest BCUT2D eigenvalue weighted by molar-refractivity contribution is 0.0519. The predicted molar refractivity (Wildman–Crippen MR) is 126 cm³/mol. The summed E-state index contributed by atoms with van der Waals surface area (Å²) in [6.45, 7) is 5.85. The summed E-state index contributed by atoms with van der Waals surface area (Å²) in [5, 5.41) is 8.48. The summed E-state index contributed by atoms with van der Waals surface area (Å²) in [5.41, 5.74) is 0.515. The van der Waals surface area contributed by atoms with E-state index in [9.17, 15) is 18.4 Å². The van der Waals surface area contributed by atoms with Crippen molar-refractivity contribution in [1.29, 1.82) is 0 Å². The lowest BCUT2D eigenvalue weighted by Gasteiger charge is -2.19. The number of aromatic amines is 1. The van der Waals surface area contributed by atoms with Crippen molar-refractivity contribution in [3.05, 3.63) is 82.7 Å². The largest absolute Gasteiger partial charge is 0.474 e. The zero-order valence-corrected chi connectivity index (χ0v) is 19.8. The fourth-order valence-electron chi connectivity index (χ4n) is 2.74. The van der Waals surface area contributed by atoms with Gasteiger partial charge in [-0.2, -0.15) is 5.16 Å². The van der Waals surface area contributed by atoms with Gasteiger partial charge in [-0.25, -0.2) is 13.6 Å². The summed E-state index contributed by atoms with van der Waals surface area (Å²) in [5.74, 6) is 0.528. The SMILES string of the molecule is CC(C)(C)OC(=O)NCCOc1cc(-c2ccc(F)cc2)on1.O=c1cc(-c2ccc(F)cc2)o[nH]1. The number of benzene rings is 2. The number of carbonyl (C=O) groups is 1. The van der Waals surface area contributed by atoms with Crippen LogP contribution in [0.4, 0.5) is 13.6 Å². The molecular formula is C25H25F2N3O6. The zero-order chi connectivity index (χ0) is 26.1. The minimum atomic E-state index is -0.541. The molecule has 2 N–H and O–H groups in total. The van der Waals surface area contributed by atoms with Crippen molar-refractivity contribution < 1.29 is 32.1 Å². The van der Waals surface area contributed by atoms with Gasteiger partial charge in [0.2, 0.25) is 0 Å². The topological polar surface area (TPSA) is 120 Å². The van der Waals surface area contributed by atoms with Gasteiger partial charge in [-0.05, 0) is 74.5 Å². The Labute approximate surface area is 205 Å². The number of halogens is 2. The molecule has 0 aliphatic carbocycles. The maximum atomic E-state index is 12.9. The van der Waals surface area contributed by atoms with Crippen molar-refractivity contribution >= 4 is 6.09 Å². The maximum absolute atomic E-state index is 12.9. The molecule has 2 heterocycles. The van der Waals surface area contributed by atoms with Crippen molar-refractivity contribution in [2.24, 2.45) is 0 Å². The molecule has 4 aromatic rings. The van der Waals surface area contributed by atoms with Crippen LogP contribution in [-0.2, 0) is 4.74 Å². The molecule has 1 amide bonds. The lowest BCUT2D eigenvalue weighted by Crippen LogP contribution is -2.34. The second kappa shape index (κ2) is 11.8. The van der Waals surface area contributed by atoms with E-state index in [4.69, 9.17) is 18.5 Å². The molecule has 0 unspecified atom stereocenters. The minimum Gasteiger partial charge on any atom is -0.474 e. The molecule has 9 nitrogen and oxygen atoms in total. The van der Waals surface area contributed by atoms with Gasteiger partial charge >= 0.3 is 6.09 Å². The first-order valence-electron chi connectivity index (χ1n) is 10.9. The maximum Gasteiger partial charge on any atom is 0.407 e. The number of alkyl carbamates (subject to hydrolysis) is 1. The van der Waals surface area contributed by atoms with Crippen LogP contribution in [0, 0.1) is 11.6 Å². The molecule has 0 saturated heterocycles. The first-order valence-corrected chi connectivity index (χ1v) is 10.9. The van der Waals surface area contributed by atoms with Gasteiger partial charge in [0.15, 0.2) is 11.5 Å². The quantitative estimate of drug-likeness (QED) is 0.350. The number of rotatable bonds is 6. The molecule has 36 heavy (non-hydrogen) atoms. The number of carbonyl (C=O) groups excluding carboxylic acids is 1. The monoisotopic (exact) mass is 501 g/mol. The molecule has 0 aliphatic heterocycles. The third kappa shape index (κ3) is 8.42. The molecule has 2 aromatic heterocycles. The smallest absolute Gasteiger partial charge is 0.407 e. The summed E-state index contributed by atoms with van der Waals surface area (Å²) in [7, 11) is 0. The van der Waals surface area contributed by atoms with E-state index >= 15 is 0 Å². The molecule has 11 heteroatoms. The summed E-state index contributed by atoms with van der Waals surface area (Å²) < 4.78 is 45.8. The highest BCUT2D eigenvalue weighted by molar-refractivity contribution is 5.67. The summed E-state index contributed by atoms with van der Waals surface area (Å²) in [6.07, 6.45) is -0.506. The van der Waals surface area contributed by atoms with Gasteiger partial charge in [0.05, 0.1) is 12.6 Å². The van der Waals surface area contributed by atoms with Crippen molar-refractivity contribution in [1.82, 2.24) is 15.6 Å². The summed E-state index contributed by atoms with van der Waals surface area (Å²) >= 11 is 0. The van der Waals surface area contributed by atoms with Crippen LogP contribution in [-0.4, -0.2) is 35.2 Å². The Bertz CT molecular complexity index is 1310. The average Bonchev–Trinajstić information content (AvgIpc) is 3.46. The van der Waals surface area contributed by atoms with Gasteiger partial charge in [-0.1, -0.05) is 0 Å². The van der Waals surface area contributed by atoms with Gasteiger partial charge in [0.1, 0.15) is 23.8 Å². The molecule has 0 atom stereocenters. The van der Waals surface area contributed by atoms with Crippen molar-refractivity contribution in [2.75, 3.05) is 13.2 Å². The van der Waals surface area contributed by atoms with Crippen LogP contribution in [0.5, 0.6) is 5.88 Å². The van der Waals surface area contributed by atoms with E-state index in [1.807, 2.05) is 0 Å². The highest BCUT2D eigenvalue weighted by atomic mass is 19.1. The average molecular weight is 501 g/mol. The van der Waals surface area contributed by atoms with E-state index in [1.165, 1.54) is 30.3 Å². The fourth-order valence-corrected chi connectivity index (χ4v) is 2.74. The van der Waals surface area contributed by atoms with Gasteiger partial charge in [0, 0.05) is 17.2 Å². The first-order chi connectivity index (χ1) is 17.1. The second-order valence-electron chi connectivity index (χ2n) is 8.40. The van der Waals surface area contributed by atoms with Crippen LogP contribution in [0.15, 0.2) is 74.5 Å². The molecule has 0 saturated carbocycles. The fraction of sp³-hybridized carbons (Fsp3) is 0.240. The molecule has 0 spiro atoms. The van der Waals surface area contributed by atoms with Crippen LogP contribution in [0.1, 0.15) is 20.8 Å². The van der Waals surface area contributed by atoms with E-state index in [-0.39, 0.29) is 36.2 Å². The van der Waals surface area contributed by atoms with E-state index in [0.717, 1.165) is 0 Å². The molecular weight excluding hydrogens is 476 g/mol. The van der Waals surface area contributed by atoms with Crippen LogP contribution in [0.3, 0.4) is 0 Å². The summed E-state index contributed by atoms with van der Waals surface area (Å²) in [4.78, 5) is 22.1. The van der Waals surface area contributed by atoms with Crippen molar-refractivity contribution in [2.45, 2.75) is 26.4 Å². The Kier molecular flexibility index (Phi) is 8.61. The Morgan fingerprint density at radius 1 is 0.972 bits per heavy atom. The Hall–Kier alpha value is -4.41.